The van der Waals surface area contributed by atoms with Crippen molar-refractivity contribution in [3.63, 3.8) is 0 Å². The van der Waals surface area contributed by atoms with Gasteiger partial charge in [-0.25, -0.2) is 4.98 Å². The van der Waals surface area contributed by atoms with Crippen LogP contribution in [0.25, 0.3) is 5.69 Å². The van der Waals surface area contributed by atoms with Gasteiger partial charge in [-0.15, -0.1) is 0 Å². The van der Waals surface area contributed by atoms with Gasteiger partial charge in [-0.2, -0.15) is 0 Å². The van der Waals surface area contributed by atoms with Crippen molar-refractivity contribution >= 4 is 21.9 Å². The third-order valence-electron chi connectivity index (χ3n) is 3.07. The Balaban J connectivity index is 2.35. The number of benzene rings is 1. The summed E-state index contributed by atoms with van der Waals surface area (Å²) in [6.07, 6.45) is 4.41. The van der Waals surface area contributed by atoms with Crippen LogP contribution < -0.4 is 5.32 Å². The number of anilines is 1. The van der Waals surface area contributed by atoms with Crippen LogP contribution >= 0.6 is 15.9 Å². The van der Waals surface area contributed by atoms with E-state index in [9.17, 15) is 0 Å². The Morgan fingerprint density at radius 3 is 2.84 bits per heavy atom. The minimum absolute atomic E-state index is 0.923. The van der Waals surface area contributed by atoms with Crippen molar-refractivity contribution in [2.75, 3.05) is 11.9 Å². The van der Waals surface area contributed by atoms with Crippen LogP contribution in [0.15, 0.2) is 28.9 Å². The van der Waals surface area contributed by atoms with Gasteiger partial charge < -0.3 is 5.32 Å². The molecule has 0 unspecified atom stereocenters. The molecular weight excluding hydrogens is 302 g/mol. The lowest BCUT2D eigenvalue weighted by atomic mass is 10.2. The molecule has 1 aromatic heterocycles. The van der Waals surface area contributed by atoms with Gasteiger partial charge in [0.15, 0.2) is 0 Å². The van der Waals surface area contributed by atoms with E-state index in [0.717, 1.165) is 34.8 Å². The summed E-state index contributed by atoms with van der Waals surface area (Å²) in [5.74, 6) is 0.923. The fourth-order valence-electron chi connectivity index (χ4n) is 2.03. The lowest BCUT2D eigenvalue weighted by Gasteiger charge is -2.12. The highest BCUT2D eigenvalue weighted by Gasteiger charge is 2.09. The van der Waals surface area contributed by atoms with E-state index in [1.54, 1.807) is 0 Å². The predicted octanol–water partition coefficient (Wildman–Crippen LogP) is 4.46. The number of aryl methyl sites for hydroxylation is 2. The third-order valence-corrected chi connectivity index (χ3v) is 3.56. The van der Waals surface area contributed by atoms with Gasteiger partial charge in [-0.05, 0) is 38.0 Å². The van der Waals surface area contributed by atoms with Crippen LogP contribution in [-0.2, 0) is 0 Å². The molecular formula is C15H20BrN3. The molecule has 1 N–H and O–H groups in total. The summed E-state index contributed by atoms with van der Waals surface area (Å²) in [6, 6.07) is 6.30. The molecule has 0 aliphatic rings. The van der Waals surface area contributed by atoms with Gasteiger partial charge in [0.2, 0.25) is 5.95 Å². The van der Waals surface area contributed by atoms with Gasteiger partial charge in [0.25, 0.3) is 0 Å². The molecule has 0 saturated carbocycles. The average Bonchev–Trinajstić information content (AvgIpc) is 2.74. The van der Waals surface area contributed by atoms with Gasteiger partial charge in [0.1, 0.15) is 0 Å². The first-order chi connectivity index (χ1) is 9.11. The zero-order valence-electron chi connectivity index (χ0n) is 11.7. The van der Waals surface area contributed by atoms with Crippen LogP contribution in [0.5, 0.6) is 0 Å². The minimum atomic E-state index is 0.923. The second kappa shape index (κ2) is 6.24. The quantitative estimate of drug-likeness (QED) is 0.824. The van der Waals surface area contributed by atoms with Crippen molar-refractivity contribution in [2.24, 2.45) is 0 Å². The van der Waals surface area contributed by atoms with Gasteiger partial charge >= 0.3 is 0 Å². The van der Waals surface area contributed by atoms with Gasteiger partial charge in [0, 0.05) is 17.2 Å². The maximum Gasteiger partial charge on any atom is 0.207 e. The largest absolute Gasteiger partial charge is 0.355 e. The van der Waals surface area contributed by atoms with E-state index in [1.165, 1.54) is 12.0 Å². The SMILES string of the molecule is CCCCNc1nc(C)cn1-c1cc(Br)ccc1C. The Labute approximate surface area is 123 Å². The Morgan fingerprint density at radius 1 is 1.32 bits per heavy atom. The van der Waals surface area contributed by atoms with Crippen LogP contribution in [0.4, 0.5) is 5.95 Å². The number of nitrogens with one attached hydrogen (secondary N) is 1. The molecule has 0 aliphatic carbocycles. The van der Waals surface area contributed by atoms with E-state index in [4.69, 9.17) is 0 Å². The van der Waals surface area contributed by atoms with Crippen LogP contribution in [-0.4, -0.2) is 16.1 Å². The fraction of sp³-hybridized carbons (Fsp3) is 0.400. The number of rotatable bonds is 5. The lowest BCUT2D eigenvalue weighted by molar-refractivity contribution is 0.822. The molecule has 2 aromatic rings. The molecule has 0 bridgehead atoms. The molecule has 19 heavy (non-hydrogen) atoms. The highest BCUT2D eigenvalue weighted by molar-refractivity contribution is 9.10. The average molecular weight is 322 g/mol. The zero-order chi connectivity index (χ0) is 13.8. The van der Waals surface area contributed by atoms with Crippen LogP contribution in [0.3, 0.4) is 0 Å². The number of unbranched alkanes of at least 4 members (excludes halogenated alkanes) is 1. The highest BCUT2D eigenvalue weighted by atomic mass is 79.9. The number of halogens is 1. The molecule has 0 fully saturated rings. The van der Waals surface area contributed by atoms with Crippen molar-refractivity contribution in [3.05, 3.63) is 40.1 Å². The Bertz CT molecular complexity index is 561. The summed E-state index contributed by atoms with van der Waals surface area (Å²) in [5.41, 5.74) is 3.42. The summed E-state index contributed by atoms with van der Waals surface area (Å²) in [4.78, 5) is 4.57. The van der Waals surface area contributed by atoms with Gasteiger partial charge in [-0.1, -0.05) is 35.3 Å². The maximum atomic E-state index is 4.57. The van der Waals surface area contributed by atoms with Crippen molar-refractivity contribution in [2.45, 2.75) is 33.6 Å². The van der Waals surface area contributed by atoms with Crippen LogP contribution in [0.1, 0.15) is 31.0 Å². The smallest absolute Gasteiger partial charge is 0.207 e. The molecule has 102 valence electrons. The maximum absolute atomic E-state index is 4.57. The van der Waals surface area contributed by atoms with Gasteiger partial charge in [-0.3, -0.25) is 4.57 Å². The summed E-state index contributed by atoms with van der Waals surface area (Å²) in [6.45, 7) is 7.29. The monoisotopic (exact) mass is 321 g/mol. The Kier molecular flexibility index (Phi) is 4.64. The van der Waals surface area contributed by atoms with E-state index in [1.807, 2.05) is 6.92 Å². The summed E-state index contributed by atoms with van der Waals surface area (Å²) >= 11 is 3.53. The molecule has 0 aliphatic heterocycles. The molecule has 2 rings (SSSR count). The standard InChI is InChI=1S/C15H20BrN3/c1-4-5-8-17-15-18-12(3)10-19(15)14-9-13(16)7-6-11(14)2/h6-7,9-10H,4-5,8H2,1-3H3,(H,17,18). The van der Waals surface area contributed by atoms with Gasteiger partial charge in [0.05, 0.1) is 11.4 Å². The van der Waals surface area contributed by atoms with Crippen molar-refractivity contribution in [1.29, 1.82) is 0 Å². The molecule has 4 heteroatoms. The minimum Gasteiger partial charge on any atom is -0.355 e. The normalized spacial score (nSPS) is 10.7. The van der Waals surface area contributed by atoms with Crippen molar-refractivity contribution in [3.8, 4) is 5.69 Å². The summed E-state index contributed by atoms with van der Waals surface area (Å²) < 4.78 is 3.21. The third kappa shape index (κ3) is 3.38. The zero-order valence-corrected chi connectivity index (χ0v) is 13.3. The number of nitrogens with zero attached hydrogens (tertiary/aromatic N) is 2. The molecule has 0 radical (unpaired) electrons. The number of hydrogen-bond donors (Lipinski definition) is 1. The molecule has 0 atom stereocenters. The van der Waals surface area contributed by atoms with Crippen LogP contribution in [0, 0.1) is 13.8 Å². The molecule has 1 heterocycles. The van der Waals surface area contributed by atoms with Crippen LogP contribution in [0.2, 0.25) is 0 Å². The van der Waals surface area contributed by atoms with Crippen molar-refractivity contribution in [1.82, 2.24) is 9.55 Å². The first-order valence-electron chi connectivity index (χ1n) is 6.68. The summed E-state index contributed by atoms with van der Waals surface area (Å²) in [5, 5.41) is 3.42. The fourth-order valence-corrected chi connectivity index (χ4v) is 2.37. The topological polar surface area (TPSA) is 29.9 Å². The lowest BCUT2D eigenvalue weighted by Crippen LogP contribution is -2.08. The Morgan fingerprint density at radius 2 is 2.11 bits per heavy atom. The first-order valence-corrected chi connectivity index (χ1v) is 7.47. The predicted molar refractivity (Wildman–Crippen MR) is 84.1 cm³/mol. The number of aromatic nitrogens is 2. The number of imidazole rings is 1. The van der Waals surface area contributed by atoms with Crippen molar-refractivity contribution < 1.29 is 0 Å². The second-order valence-electron chi connectivity index (χ2n) is 4.79. The Hall–Kier alpha value is -1.29. The van der Waals surface area contributed by atoms with E-state index in [0.29, 0.717) is 0 Å². The summed E-state index contributed by atoms with van der Waals surface area (Å²) in [7, 11) is 0. The first kappa shape index (κ1) is 14.1. The van der Waals surface area contributed by atoms with E-state index in [-0.39, 0.29) is 0 Å². The molecule has 0 spiro atoms. The second-order valence-corrected chi connectivity index (χ2v) is 5.70. The van der Waals surface area contributed by atoms with E-state index in [2.05, 4.69) is 69.0 Å². The molecule has 3 nitrogen and oxygen atoms in total. The molecule has 1 aromatic carbocycles. The molecule has 0 saturated heterocycles. The number of hydrogen-bond acceptors (Lipinski definition) is 2. The molecule has 0 amide bonds. The van der Waals surface area contributed by atoms with E-state index < -0.39 is 0 Å². The highest BCUT2D eigenvalue weighted by Crippen LogP contribution is 2.23. The van der Waals surface area contributed by atoms with E-state index >= 15 is 0 Å².